The number of urea groups is 1. The molecule has 7 amide bonds. The largest absolute Gasteiger partial charge is 0.371 e. The van der Waals surface area contributed by atoms with Gasteiger partial charge >= 0.3 is 6.03 Å². The molecule has 0 saturated carbocycles. The number of hydrogen-bond donors (Lipinski definition) is 2. The van der Waals surface area contributed by atoms with E-state index in [0.717, 1.165) is 113 Å². The first-order valence-electron chi connectivity index (χ1n) is 21.6. The van der Waals surface area contributed by atoms with E-state index in [0.29, 0.717) is 41.5 Å². The minimum absolute atomic E-state index is 0.0688. The van der Waals surface area contributed by atoms with Gasteiger partial charge in [0.15, 0.2) is 0 Å². The number of piperazine rings is 1. The molecule has 0 radical (unpaired) electrons. The van der Waals surface area contributed by atoms with Crippen molar-refractivity contribution in [1.82, 2.24) is 34.9 Å². The zero-order chi connectivity index (χ0) is 42.4. The number of imide groups is 2. The number of fused-ring (bicyclic) bond motifs is 1. The third-order valence-electron chi connectivity index (χ3n) is 13.3. The van der Waals surface area contributed by atoms with Gasteiger partial charge in [-0.15, -0.1) is 0 Å². The number of piperidine rings is 3. The lowest BCUT2D eigenvalue weighted by atomic mass is 9.96. The number of aromatic nitrogens is 2. The molecule has 0 aliphatic carbocycles. The topological polar surface area (TPSA) is 189 Å². The second kappa shape index (κ2) is 16.7. The lowest BCUT2D eigenvalue weighted by molar-refractivity contribution is -0.136. The van der Waals surface area contributed by atoms with Gasteiger partial charge in [-0.25, -0.2) is 14.8 Å². The lowest BCUT2D eigenvalue weighted by Crippen LogP contribution is -2.54. The smallest absolute Gasteiger partial charge is 0.320 e. The van der Waals surface area contributed by atoms with Crippen LogP contribution < -0.4 is 25.8 Å². The highest BCUT2D eigenvalue weighted by molar-refractivity contribution is 6.23. The Morgan fingerprint density at radius 1 is 0.787 bits per heavy atom. The fourth-order valence-corrected chi connectivity index (χ4v) is 10.00. The van der Waals surface area contributed by atoms with Crippen LogP contribution in [0.3, 0.4) is 0 Å². The van der Waals surface area contributed by atoms with Gasteiger partial charge in [0.1, 0.15) is 17.6 Å². The van der Waals surface area contributed by atoms with Crippen LogP contribution in [0.4, 0.5) is 22.0 Å². The van der Waals surface area contributed by atoms with E-state index >= 15 is 0 Å². The molecule has 0 bridgehead atoms. The Morgan fingerprint density at radius 3 is 2.26 bits per heavy atom. The van der Waals surface area contributed by atoms with Crippen LogP contribution in [0.5, 0.6) is 0 Å². The Hall–Kier alpha value is -6.10. The molecule has 3 aromatic rings. The Kier molecular flexibility index (Phi) is 11.1. The summed E-state index contributed by atoms with van der Waals surface area (Å²) in [5.41, 5.74) is 10.1. The molecule has 2 aromatic carbocycles. The number of amides is 7. The van der Waals surface area contributed by atoms with Crippen LogP contribution in [-0.4, -0.2) is 156 Å². The van der Waals surface area contributed by atoms with Crippen molar-refractivity contribution in [3.8, 4) is 0 Å². The van der Waals surface area contributed by atoms with Gasteiger partial charge in [0.2, 0.25) is 11.8 Å². The molecule has 0 spiro atoms. The third-order valence-corrected chi connectivity index (χ3v) is 13.3. The molecular weight excluding hydrogens is 779 g/mol. The molecule has 9 rings (SSSR count). The number of carbonyl (C=O) groups is 6. The van der Waals surface area contributed by atoms with Crippen LogP contribution in [0.2, 0.25) is 0 Å². The van der Waals surface area contributed by atoms with Gasteiger partial charge in [-0.3, -0.25) is 39.1 Å². The van der Waals surface area contributed by atoms with E-state index in [4.69, 9.17) is 10.7 Å². The van der Waals surface area contributed by atoms with Crippen molar-refractivity contribution < 1.29 is 28.8 Å². The second-order valence-electron chi connectivity index (χ2n) is 17.3. The molecule has 1 unspecified atom stereocenters. The number of rotatable bonds is 10. The summed E-state index contributed by atoms with van der Waals surface area (Å²) < 4.78 is 0. The first kappa shape index (κ1) is 40.3. The highest BCUT2D eigenvalue weighted by atomic mass is 16.2. The summed E-state index contributed by atoms with van der Waals surface area (Å²) in [6.07, 6.45) is 6.28. The van der Waals surface area contributed by atoms with Crippen LogP contribution in [0.1, 0.15) is 81.0 Å². The number of anilines is 3. The van der Waals surface area contributed by atoms with Gasteiger partial charge in [0.25, 0.3) is 17.7 Å². The number of likely N-dealkylation sites (N-methyl/N-ethyl adjacent to an activating group) is 1. The van der Waals surface area contributed by atoms with Crippen molar-refractivity contribution in [3.63, 3.8) is 0 Å². The van der Waals surface area contributed by atoms with Crippen molar-refractivity contribution in [2.75, 3.05) is 93.7 Å². The maximum absolute atomic E-state index is 13.4. The van der Waals surface area contributed by atoms with Crippen LogP contribution in [0.25, 0.3) is 0 Å². The van der Waals surface area contributed by atoms with Crippen molar-refractivity contribution in [3.05, 3.63) is 76.7 Å². The summed E-state index contributed by atoms with van der Waals surface area (Å²) in [7, 11) is 1.84. The molecule has 6 aliphatic rings. The summed E-state index contributed by atoms with van der Waals surface area (Å²) in [6.45, 7) is 9.29. The Balaban J connectivity index is 0.781. The van der Waals surface area contributed by atoms with Crippen molar-refractivity contribution in [2.24, 2.45) is 11.7 Å². The Morgan fingerprint density at radius 2 is 1.52 bits per heavy atom. The molecule has 17 heteroatoms. The number of primary amides is 1. The van der Waals surface area contributed by atoms with E-state index in [1.165, 1.54) is 0 Å². The lowest BCUT2D eigenvalue weighted by Gasteiger charge is -2.40. The quantitative estimate of drug-likeness (QED) is 0.283. The van der Waals surface area contributed by atoms with E-state index in [1.807, 2.05) is 18.0 Å². The standard InChI is InChI=1S/C44H53N11O6/c1-49-16-21-54(44(49)61)32-5-3-15-53(27-32)37-24-46-39(40(45)57)35(47-37)22-28-6-8-30(9-7-28)51-19-17-50(18-20-51)25-29-4-2-14-52(26-29)31-10-11-33-34(23-31)43(60)55(42(33)59)36-12-13-38(56)48-41(36)58/h6-11,23-24,29,32,36H,2-5,12-22,25-27H2,1H3,(H2,45,57)(H,48,56,58)/t29-,32+,36?/m0/s1. The molecule has 3 N–H and O–H groups in total. The first-order valence-corrected chi connectivity index (χ1v) is 21.6. The third kappa shape index (κ3) is 8.10. The minimum atomic E-state index is -0.979. The number of hydrogen-bond acceptors (Lipinski definition) is 12. The van der Waals surface area contributed by atoms with Gasteiger partial charge in [-0.2, -0.15) is 0 Å². The van der Waals surface area contributed by atoms with Crippen LogP contribution in [-0.2, 0) is 16.0 Å². The van der Waals surface area contributed by atoms with Crippen molar-refractivity contribution in [1.29, 1.82) is 0 Å². The van der Waals surface area contributed by atoms with E-state index in [1.54, 1.807) is 23.2 Å². The molecule has 5 saturated heterocycles. The molecule has 61 heavy (non-hydrogen) atoms. The summed E-state index contributed by atoms with van der Waals surface area (Å²) in [4.78, 5) is 99.5. The molecule has 5 fully saturated rings. The van der Waals surface area contributed by atoms with E-state index in [9.17, 15) is 28.8 Å². The molecule has 1 aromatic heterocycles. The summed E-state index contributed by atoms with van der Waals surface area (Å²) >= 11 is 0. The fraction of sp³-hybridized carbons (Fsp3) is 0.500. The summed E-state index contributed by atoms with van der Waals surface area (Å²) in [5, 5.41) is 2.25. The van der Waals surface area contributed by atoms with Crippen LogP contribution in [0, 0.1) is 5.92 Å². The SMILES string of the molecule is CN1CCN([C@@H]2CCCN(c3cnc(C(N)=O)c(Cc4ccc(N5CCN(C[C@@H]6CCCN(c7ccc8c(c7)C(=O)N(C7CCC(=O)NC7=O)C8=O)C6)CC5)cc4)n3)C2)C1=O. The molecule has 3 atom stereocenters. The number of nitrogens with one attached hydrogen (secondary N) is 1. The number of benzene rings is 2. The number of nitrogens with two attached hydrogens (primary N) is 1. The monoisotopic (exact) mass is 831 g/mol. The van der Waals surface area contributed by atoms with Crippen LogP contribution in [0.15, 0.2) is 48.7 Å². The molecule has 7 heterocycles. The molecular formula is C44H53N11O6. The van der Waals surface area contributed by atoms with Crippen LogP contribution >= 0.6 is 0 Å². The summed E-state index contributed by atoms with van der Waals surface area (Å²) in [5.74, 6) is -1.44. The predicted molar refractivity (Wildman–Crippen MR) is 226 cm³/mol. The molecule has 6 aliphatic heterocycles. The van der Waals surface area contributed by atoms with Crippen molar-refractivity contribution >= 4 is 52.8 Å². The Labute approximate surface area is 354 Å². The first-order chi connectivity index (χ1) is 29.5. The zero-order valence-electron chi connectivity index (χ0n) is 34.6. The van der Waals surface area contributed by atoms with E-state index in [-0.39, 0.29) is 30.6 Å². The van der Waals surface area contributed by atoms with E-state index < -0.39 is 35.6 Å². The molecule has 17 nitrogen and oxygen atoms in total. The molecule has 320 valence electrons. The number of carbonyl (C=O) groups excluding carboxylic acids is 6. The average Bonchev–Trinajstić information content (AvgIpc) is 3.73. The maximum Gasteiger partial charge on any atom is 0.320 e. The average molecular weight is 832 g/mol. The highest BCUT2D eigenvalue weighted by Gasteiger charge is 2.45. The van der Waals surface area contributed by atoms with Crippen molar-refractivity contribution in [2.45, 2.75) is 57.0 Å². The van der Waals surface area contributed by atoms with Gasteiger partial charge in [-0.1, -0.05) is 12.1 Å². The normalized spacial score (nSPS) is 23.9. The van der Waals surface area contributed by atoms with Gasteiger partial charge in [-0.05, 0) is 73.9 Å². The number of nitrogens with zero attached hydrogens (tertiary/aromatic N) is 9. The van der Waals surface area contributed by atoms with Gasteiger partial charge < -0.3 is 30.2 Å². The maximum atomic E-state index is 13.4. The fourth-order valence-electron chi connectivity index (χ4n) is 10.00. The van der Waals surface area contributed by atoms with E-state index in [2.05, 4.69) is 54.2 Å². The second-order valence-corrected chi connectivity index (χ2v) is 17.3. The summed E-state index contributed by atoms with van der Waals surface area (Å²) in [6, 6.07) is 13.0. The predicted octanol–water partition coefficient (Wildman–Crippen LogP) is 1.94. The Bertz CT molecular complexity index is 2240. The minimum Gasteiger partial charge on any atom is -0.371 e. The zero-order valence-corrected chi connectivity index (χ0v) is 34.6. The highest BCUT2D eigenvalue weighted by Crippen LogP contribution is 2.33. The van der Waals surface area contributed by atoms with Gasteiger partial charge in [0.05, 0.1) is 29.1 Å². The van der Waals surface area contributed by atoms with Gasteiger partial charge in [0, 0.05) is 103 Å².